The van der Waals surface area contributed by atoms with E-state index in [1.54, 1.807) is 0 Å². The van der Waals surface area contributed by atoms with Gasteiger partial charge >= 0.3 is 0 Å². The molecule has 0 aliphatic heterocycles. The minimum absolute atomic E-state index is 0.803. The van der Waals surface area contributed by atoms with E-state index in [9.17, 15) is 0 Å². The predicted molar refractivity (Wildman–Crippen MR) is 91.5 cm³/mol. The first-order chi connectivity index (χ1) is 10.3. The van der Waals surface area contributed by atoms with Gasteiger partial charge in [-0.15, -0.1) is 0 Å². The zero-order chi connectivity index (χ0) is 14.2. The lowest BCUT2D eigenvalue weighted by Crippen LogP contribution is -1.85. The molecule has 1 aliphatic rings. The van der Waals surface area contributed by atoms with Gasteiger partial charge in [0.15, 0.2) is 0 Å². The lowest BCUT2D eigenvalue weighted by Gasteiger charge is -2.08. The topological polar surface area (TPSA) is 0 Å². The first-order valence-electron chi connectivity index (χ1n) is 7.29. The number of rotatable bonds is 2. The quantitative estimate of drug-likeness (QED) is 0.533. The van der Waals surface area contributed by atoms with E-state index in [0.717, 1.165) is 29.0 Å². The van der Waals surface area contributed by atoms with Crippen molar-refractivity contribution in [2.75, 3.05) is 0 Å². The van der Waals surface area contributed by atoms with Crippen molar-refractivity contribution >= 4 is 33.5 Å². The fourth-order valence-electron chi connectivity index (χ4n) is 3.23. The normalized spacial score (nSPS) is 13.9. The predicted octanol–water partition coefficient (Wildman–Crippen LogP) is 5.68. The molecule has 0 fully saturated rings. The Bertz CT molecular complexity index is 834. The largest absolute Gasteiger partial charge is 0.0836 e. The van der Waals surface area contributed by atoms with Gasteiger partial charge in [0.25, 0.3) is 0 Å². The number of hydrogen-bond donors (Lipinski definition) is 0. The van der Waals surface area contributed by atoms with Crippen molar-refractivity contribution in [1.29, 1.82) is 0 Å². The number of hydrogen-bond acceptors (Lipinski definition) is 0. The van der Waals surface area contributed by atoms with Gasteiger partial charge in [-0.25, -0.2) is 0 Å². The van der Waals surface area contributed by atoms with Crippen LogP contribution in [0.5, 0.6) is 0 Å². The van der Waals surface area contributed by atoms with E-state index in [-0.39, 0.29) is 0 Å². The molecule has 1 heteroatoms. The highest BCUT2D eigenvalue weighted by molar-refractivity contribution is 6.52. The maximum absolute atomic E-state index is 6.61. The Morgan fingerprint density at radius 2 is 1.57 bits per heavy atom. The van der Waals surface area contributed by atoms with Gasteiger partial charge in [-0.2, -0.15) is 0 Å². The molecule has 0 aromatic heterocycles. The van der Waals surface area contributed by atoms with Crippen molar-refractivity contribution in [2.45, 2.75) is 12.8 Å². The molecule has 21 heavy (non-hydrogen) atoms. The summed E-state index contributed by atoms with van der Waals surface area (Å²) in [7, 11) is 0. The van der Waals surface area contributed by atoms with Crippen molar-refractivity contribution in [3.05, 3.63) is 82.9 Å². The zero-order valence-electron chi connectivity index (χ0n) is 11.6. The van der Waals surface area contributed by atoms with Gasteiger partial charge < -0.3 is 0 Å². The van der Waals surface area contributed by atoms with E-state index in [4.69, 9.17) is 11.6 Å². The van der Waals surface area contributed by atoms with E-state index < -0.39 is 0 Å². The fraction of sp³-hybridized carbons (Fsp3) is 0.100. The molecule has 102 valence electrons. The van der Waals surface area contributed by atoms with E-state index in [1.165, 1.54) is 21.9 Å². The van der Waals surface area contributed by atoms with Crippen LogP contribution in [0.2, 0.25) is 0 Å². The van der Waals surface area contributed by atoms with Crippen LogP contribution >= 0.6 is 11.6 Å². The maximum atomic E-state index is 6.61. The van der Waals surface area contributed by atoms with Crippen molar-refractivity contribution in [3.8, 4) is 0 Å². The first kappa shape index (κ1) is 12.7. The van der Waals surface area contributed by atoms with Crippen molar-refractivity contribution < 1.29 is 0 Å². The Labute approximate surface area is 129 Å². The molecule has 0 bridgehead atoms. The standard InChI is InChI=1S/C20H15Cl/c21-19(13-14-5-2-1-3-6-14)17-12-11-16-10-9-15-7-4-8-18(17)20(15)16/h1-8,11-13H,9-10H2. The van der Waals surface area contributed by atoms with Crippen LogP contribution in [0.3, 0.4) is 0 Å². The lowest BCUT2D eigenvalue weighted by molar-refractivity contribution is 1.02. The van der Waals surface area contributed by atoms with E-state index in [2.05, 4.69) is 42.5 Å². The molecule has 1 aliphatic carbocycles. The Morgan fingerprint density at radius 3 is 2.38 bits per heavy atom. The molecule has 0 heterocycles. The Kier molecular flexibility index (Phi) is 3.05. The third-order valence-electron chi connectivity index (χ3n) is 4.23. The second-order valence-electron chi connectivity index (χ2n) is 5.51. The summed E-state index contributed by atoms with van der Waals surface area (Å²) < 4.78 is 0. The van der Waals surface area contributed by atoms with Crippen molar-refractivity contribution in [1.82, 2.24) is 0 Å². The molecule has 3 aromatic rings. The van der Waals surface area contributed by atoms with Gasteiger partial charge in [-0.1, -0.05) is 72.3 Å². The SMILES string of the molecule is ClC(=Cc1ccccc1)c1ccc2c3c(cccc13)CC2. The van der Waals surface area contributed by atoms with E-state index in [1.807, 2.05) is 24.3 Å². The molecule has 3 aromatic carbocycles. The van der Waals surface area contributed by atoms with Crippen LogP contribution in [0.25, 0.3) is 21.9 Å². The average Bonchev–Trinajstić information content (AvgIpc) is 2.94. The minimum Gasteiger partial charge on any atom is -0.0836 e. The maximum Gasteiger partial charge on any atom is 0.0490 e. The molecular formula is C20H15Cl. The van der Waals surface area contributed by atoms with Gasteiger partial charge in [-0.05, 0) is 46.4 Å². The molecule has 0 radical (unpaired) electrons. The van der Waals surface area contributed by atoms with Crippen LogP contribution < -0.4 is 0 Å². The third-order valence-corrected chi connectivity index (χ3v) is 4.54. The van der Waals surface area contributed by atoms with Crippen LogP contribution in [0, 0.1) is 0 Å². The summed E-state index contributed by atoms with van der Waals surface area (Å²) in [5.74, 6) is 0. The summed E-state index contributed by atoms with van der Waals surface area (Å²) in [5, 5.41) is 3.49. The number of aryl methyl sites for hydroxylation is 2. The molecule has 0 spiro atoms. The Morgan fingerprint density at radius 1 is 0.810 bits per heavy atom. The Hall–Kier alpha value is -2.05. The summed E-state index contributed by atoms with van der Waals surface area (Å²) >= 11 is 6.61. The van der Waals surface area contributed by atoms with Crippen LogP contribution in [0.4, 0.5) is 0 Å². The molecule has 0 unspecified atom stereocenters. The molecule has 0 N–H and O–H groups in total. The molecule has 0 saturated carbocycles. The lowest BCUT2D eigenvalue weighted by atomic mass is 9.99. The van der Waals surface area contributed by atoms with Crippen LogP contribution in [-0.2, 0) is 12.8 Å². The van der Waals surface area contributed by atoms with E-state index in [0.29, 0.717) is 0 Å². The summed E-state index contributed by atoms with van der Waals surface area (Å²) in [6.45, 7) is 0. The highest BCUT2D eigenvalue weighted by Gasteiger charge is 2.16. The van der Waals surface area contributed by atoms with Gasteiger partial charge in [0, 0.05) is 10.6 Å². The van der Waals surface area contributed by atoms with Crippen molar-refractivity contribution in [3.63, 3.8) is 0 Å². The first-order valence-corrected chi connectivity index (χ1v) is 7.67. The Balaban J connectivity index is 1.90. The van der Waals surface area contributed by atoms with Gasteiger partial charge in [0.05, 0.1) is 0 Å². The zero-order valence-corrected chi connectivity index (χ0v) is 12.4. The molecule has 0 saturated heterocycles. The molecule has 4 rings (SSSR count). The molecular weight excluding hydrogens is 276 g/mol. The van der Waals surface area contributed by atoms with Crippen LogP contribution in [0.1, 0.15) is 22.3 Å². The summed E-state index contributed by atoms with van der Waals surface area (Å²) in [6, 6.07) is 21.2. The highest BCUT2D eigenvalue weighted by Crippen LogP contribution is 2.36. The number of halogens is 1. The van der Waals surface area contributed by atoms with Crippen molar-refractivity contribution in [2.24, 2.45) is 0 Å². The van der Waals surface area contributed by atoms with Gasteiger partial charge in [0.2, 0.25) is 0 Å². The smallest absolute Gasteiger partial charge is 0.0490 e. The van der Waals surface area contributed by atoms with Gasteiger partial charge in [0.1, 0.15) is 0 Å². The summed E-state index contributed by atoms with van der Waals surface area (Å²) in [5.41, 5.74) is 5.16. The highest BCUT2D eigenvalue weighted by atomic mass is 35.5. The van der Waals surface area contributed by atoms with Gasteiger partial charge in [-0.3, -0.25) is 0 Å². The summed E-state index contributed by atoms with van der Waals surface area (Å²) in [6.07, 6.45) is 4.34. The van der Waals surface area contributed by atoms with Crippen LogP contribution in [-0.4, -0.2) is 0 Å². The third kappa shape index (κ3) is 2.16. The molecule has 0 amide bonds. The molecule has 0 atom stereocenters. The average molecular weight is 291 g/mol. The summed E-state index contributed by atoms with van der Waals surface area (Å²) in [4.78, 5) is 0. The second kappa shape index (κ2) is 5.05. The van der Waals surface area contributed by atoms with Crippen LogP contribution in [0.15, 0.2) is 60.7 Å². The fourth-order valence-corrected chi connectivity index (χ4v) is 3.52. The minimum atomic E-state index is 0.803. The number of benzene rings is 3. The van der Waals surface area contributed by atoms with E-state index >= 15 is 0 Å². The second-order valence-corrected chi connectivity index (χ2v) is 5.92. The molecule has 0 nitrogen and oxygen atoms in total. The monoisotopic (exact) mass is 290 g/mol.